The van der Waals surface area contributed by atoms with Crippen LogP contribution in [0.1, 0.15) is 284 Å². The van der Waals surface area contributed by atoms with Gasteiger partial charge in [-0.2, -0.15) is 0 Å². The molecule has 0 aromatic rings. The number of aliphatic hydroxyl groups excluding tert-OH is 1. The van der Waals surface area contributed by atoms with E-state index in [0.717, 1.165) is 44.9 Å². The minimum absolute atomic E-state index is 0.0631. The zero-order valence-corrected chi connectivity index (χ0v) is 46.8. The highest BCUT2D eigenvalue weighted by molar-refractivity contribution is 7.47. The molecule has 3 N–H and O–H groups in total. The van der Waals surface area contributed by atoms with Crippen molar-refractivity contribution in [3.8, 4) is 0 Å². The first-order valence-electron chi connectivity index (χ1n) is 29.4. The molecule has 0 fully saturated rings. The Hall–Kier alpha value is -1.28. The smallest absolute Gasteiger partial charge is 0.387 e. The number of carbonyl (C=O) groups excluding carboxylic acids is 1. The molecule has 402 valence electrons. The van der Waals surface area contributed by atoms with Gasteiger partial charge in [-0.15, -0.1) is 0 Å². The van der Waals surface area contributed by atoms with Crippen molar-refractivity contribution in [2.24, 2.45) is 0 Å². The number of likely N-dealkylation sites (N-methyl/N-ethyl adjacent to an activating group) is 1. The molecule has 0 bridgehead atoms. The minimum Gasteiger partial charge on any atom is -0.387 e. The van der Waals surface area contributed by atoms with E-state index in [2.05, 4.69) is 43.5 Å². The molecule has 0 aliphatic heterocycles. The summed E-state index contributed by atoms with van der Waals surface area (Å²) < 4.78 is 23.7. The summed E-state index contributed by atoms with van der Waals surface area (Å²) >= 11 is 0. The number of aliphatic hydroxyl groups is 1. The lowest BCUT2D eigenvalue weighted by Crippen LogP contribution is -2.45. The zero-order valence-electron chi connectivity index (χ0n) is 45.9. The number of carbonyl (C=O) groups is 1. The maximum atomic E-state index is 13.0. The van der Waals surface area contributed by atoms with Crippen LogP contribution in [0.5, 0.6) is 0 Å². The molecule has 9 heteroatoms. The van der Waals surface area contributed by atoms with Gasteiger partial charge in [0, 0.05) is 6.42 Å². The summed E-state index contributed by atoms with van der Waals surface area (Å²) in [5.74, 6) is -0.173. The van der Waals surface area contributed by atoms with E-state index in [-0.39, 0.29) is 19.1 Å². The summed E-state index contributed by atoms with van der Waals surface area (Å²) in [6, 6.07) is -0.844. The molecule has 0 radical (unpaired) electrons. The Labute approximate surface area is 423 Å². The highest BCUT2D eigenvalue weighted by Crippen LogP contribution is 2.43. The van der Waals surface area contributed by atoms with Crippen molar-refractivity contribution < 1.29 is 32.9 Å². The predicted octanol–water partition coefficient (Wildman–Crippen LogP) is 17.8. The second-order valence-electron chi connectivity index (χ2n) is 21.4. The SMILES string of the molecule is CCCCCCC/C=C\C/C=C\CCCCCCCCCCCCCCCCCCCCCC(=O)NC(COP(=O)(O)OCC[N+](C)(C)C)C(O)/C=C/CCCCCCCCCCCCCCC. The van der Waals surface area contributed by atoms with Crippen molar-refractivity contribution in [3.63, 3.8) is 0 Å². The normalized spacial score (nSPS) is 14.2. The van der Waals surface area contributed by atoms with Gasteiger partial charge in [0.2, 0.25) is 5.91 Å². The molecule has 8 nitrogen and oxygen atoms in total. The van der Waals surface area contributed by atoms with Crippen LogP contribution in [-0.4, -0.2) is 73.4 Å². The molecule has 1 amide bonds. The maximum absolute atomic E-state index is 13.0. The monoisotopic (exact) mass is 980 g/mol. The summed E-state index contributed by atoms with van der Waals surface area (Å²) in [7, 11) is 1.58. The molecular weight excluding hydrogens is 864 g/mol. The fraction of sp³-hybridized carbons (Fsp3) is 0.881. The quantitative estimate of drug-likeness (QED) is 0.0243. The molecule has 0 saturated carbocycles. The van der Waals surface area contributed by atoms with E-state index in [4.69, 9.17) is 9.05 Å². The van der Waals surface area contributed by atoms with E-state index in [9.17, 15) is 19.4 Å². The van der Waals surface area contributed by atoms with Gasteiger partial charge in [0.15, 0.2) is 0 Å². The van der Waals surface area contributed by atoms with Gasteiger partial charge in [0.25, 0.3) is 0 Å². The second kappa shape index (κ2) is 50.7. The van der Waals surface area contributed by atoms with Gasteiger partial charge < -0.3 is 19.8 Å². The summed E-state index contributed by atoms with van der Waals surface area (Å²) in [5, 5.41) is 13.9. The molecule has 0 rings (SSSR count). The van der Waals surface area contributed by atoms with Crippen molar-refractivity contribution in [3.05, 3.63) is 36.5 Å². The predicted molar refractivity (Wildman–Crippen MR) is 295 cm³/mol. The maximum Gasteiger partial charge on any atom is 0.472 e. The third kappa shape index (κ3) is 52.5. The molecule has 0 aromatic carbocycles. The lowest BCUT2D eigenvalue weighted by molar-refractivity contribution is -0.870. The van der Waals surface area contributed by atoms with Crippen LogP contribution < -0.4 is 5.32 Å². The number of phosphoric ester groups is 1. The van der Waals surface area contributed by atoms with Crippen LogP contribution >= 0.6 is 7.82 Å². The lowest BCUT2D eigenvalue weighted by atomic mass is 10.0. The van der Waals surface area contributed by atoms with Crippen molar-refractivity contribution in [1.29, 1.82) is 0 Å². The van der Waals surface area contributed by atoms with E-state index in [1.807, 2.05) is 27.2 Å². The molecule has 0 saturated heterocycles. The van der Waals surface area contributed by atoms with Crippen LogP contribution in [-0.2, 0) is 18.4 Å². The minimum atomic E-state index is -4.34. The van der Waals surface area contributed by atoms with Crippen molar-refractivity contribution in [1.82, 2.24) is 5.32 Å². The van der Waals surface area contributed by atoms with Gasteiger partial charge >= 0.3 is 7.82 Å². The van der Waals surface area contributed by atoms with Gasteiger partial charge in [-0.3, -0.25) is 13.8 Å². The van der Waals surface area contributed by atoms with E-state index in [1.54, 1.807) is 6.08 Å². The largest absolute Gasteiger partial charge is 0.472 e. The molecule has 3 atom stereocenters. The number of amides is 1. The number of quaternary nitrogens is 1. The third-order valence-electron chi connectivity index (χ3n) is 13.4. The summed E-state index contributed by atoms with van der Waals surface area (Å²) in [6.45, 7) is 4.83. The Balaban J connectivity index is 4.05. The van der Waals surface area contributed by atoms with E-state index in [0.29, 0.717) is 17.4 Å². The topological polar surface area (TPSA) is 105 Å². The first-order chi connectivity index (χ1) is 33.0. The average Bonchev–Trinajstić information content (AvgIpc) is 3.30. The lowest BCUT2D eigenvalue weighted by Gasteiger charge is -2.25. The van der Waals surface area contributed by atoms with Gasteiger partial charge in [0.05, 0.1) is 39.9 Å². The van der Waals surface area contributed by atoms with E-state index >= 15 is 0 Å². The number of hydrogen-bond acceptors (Lipinski definition) is 5. The molecule has 0 heterocycles. The fourth-order valence-electron chi connectivity index (χ4n) is 8.72. The van der Waals surface area contributed by atoms with Gasteiger partial charge in [-0.05, 0) is 51.4 Å². The van der Waals surface area contributed by atoms with Crippen molar-refractivity contribution in [2.45, 2.75) is 296 Å². The molecule has 68 heavy (non-hydrogen) atoms. The van der Waals surface area contributed by atoms with Crippen LogP contribution in [0.15, 0.2) is 36.5 Å². The Morgan fingerprint density at radius 3 is 1.21 bits per heavy atom. The number of allylic oxidation sites excluding steroid dienone is 5. The number of phosphoric acid groups is 1. The first-order valence-corrected chi connectivity index (χ1v) is 30.9. The molecule has 0 aliphatic rings. The van der Waals surface area contributed by atoms with Gasteiger partial charge in [0.1, 0.15) is 13.2 Å². The highest BCUT2D eigenvalue weighted by atomic mass is 31.2. The average molecular weight is 981 g/mol. The van der Waals surface area contributed by atoms with E-state index < -0.39 is 20.0 Å². The van der Waals surface area contributed by atoms with Crippen LogP contribution in [0.2, 0.25) is 0 Å². The standard InChI is InChI=1S/C59H115N2O6P/c1-6-8-10-12-14-16-18-20-22-23-24-25-26-27-28-29-30-31-32-33-34-35-36-37-39-41-43-45-47-49-51-53-59(63)60-57(56-67-68(64,65)66-55-54-61(3,4)5)58(62)52-50-48-46-44-42-40-38-21-19-17-15-13-11-9-7-2/h18,20,23-24,50,52,57-58,62H,6-17,19,21-22,25-49,51,53-56H2,1-5H3,(H-,60,63,64,65)/p+1/b20-18-,24-23-,52-50+. The van der Waals surface area contributed by atoms with E-state index in [1.165, 1.54) is 218 Å². The fourth-order valence-corrected chi connectivity index (χ4v) is 9.46. The van der Waals surface area contributed by atoms with Crippen molar-refractivity contribution >= 4 is 13.7 Å². The Kier molecular flexibility index (Phi) is 49.7. The van der Waals surface area contributed by atoms with Gasteiger partial charge in [-0.25, -0.2) is 4.57 Å². The van der Waals surface area contributed by atoms with Crippen LogP contribution in [0.3, 0.4) is 0 Å². The zero-order chi connectivity index (χ0) is 49.9. The number of unbranched alkanes of at least 4 members (excludes halogenated alkanes) is 37. The molecular formula is C59H116N2O6P+. The Morgan fingerprint density at radius 2 is 0.838 bits per heavy atom. The molecule has 0 spiro atoms. The Bertz CT molecular complexity index is 1200. The van der Waals surface area contributed by atoms with Gasteiger partial charge in [-0.1, -0.05) is 262 Å². The first kappa shape index (κ1) is 66.7. The number of hydrogen-bond donors (Lipinski definition) is 3. The van der Waals surface area contributed by atoms with Crippen LogP contribution in [0, 0.1) is 0 Å². The molecule has 0 aliphatic carbocycles. The number of nitrogens with one attached hydrogen (secondary N) is 1. The van der Waals surface area contributed by atoms with Crippen LogP contribution in [0.25, 0.3) is 0 Å². The van der Waals surface area contributed by atoms with Crippen molar-refractivity contribution in [2.75, 3.05) is 40.9 Å². The molecule has 3 unspecified atom stereocenters. The second-order valence-corrected chi connectivity index (χ2v) is 22.8. The number of rotatable bonds is 54. The number of nitrogens with zero attached hydrogens (tertiary/aromatic N) is 1. The third-order valence-corrected chi connectivity index (χ3v) is 14.3. The van der Waals surface area contributed by atoms with Crippen LogP contribution in [0.4, 0.5) is 0 Å². The summed E-state index contributed by atoms with van der Waals surface area (Å²) in [5.41, 5.74) is 0. The summed E-state index contributed by atoms with van der Waals surface area (Å²) in [4.78, 5) is 23.3. The molecule has 0 aromatic heterocycles. The highest BCUT2D eigenvalue weighted by Gasteiger charge is 2.27. The Morgan fingerprint density at radius 1 is 0.500 bits per heavy atom. The summed E-state index contributed by atoms with van der Waals surface area (Å²) in [6.07, 6.45) is 65.4.